The summed E-state index contributed by atoms with van der Waals surface area (Å²) in [7, 11) is 1.42. The molecule has 4 heterocycles. The van der Waals surface area contributed by atoms with Crippen LogP contribution in [0.25, 0.3) is 10.8 Å². The molecule has 9 atom stereocenters. The van der Waals surface area contributed by atoms with Crippen molar-refractivity contribution >= 4 is 46.2 Å². The molecule has 7 rings (SSSR count). The number of aliphatic hydroxyl groups excluding tert-OH is 2. The Labute approximate surface area is 365 Å². The van der Waals surface area contributed by atoms with E-state index in [1.807, 2.05) is 24.3 Å². The average Bonchev–Trinajstić information content (AvgIpc) is 3.51. The van der Waals surface area contributed by atoms with E-state index in [-0.39, 0.29) is 63.3 Å². The van der Waals surface area contributed by atoms with Crippen LogP contribution in [-0.2, 0) is 41.6 Å². The number of hydrogen-bond acceptors (Lipinski definition) is 14. The number of aliphatic hydroxyl groups is 2. The predicted octanol–water partition coefficient (Wildman–Crippen LogP) is 5.67. The molecule has 2 amide bonds. The number of aromatic hydroxyl groups is 3. The van der Waals surface area contributed by atoms with E-state index in [0.29, 0.717) is 0 Å². The normalized spacial score (nSPS) is 30.0. The van der Waals surface area contributed by atoms with Crippen LogP contribution >= 0.6 is 0 Å². The van der Waals surface area contributed by atoms with Crippen molar-refractivity contribution in [3.8, 4) is 23.0 Å². The molecule has 6 N–H and O–H groups in total. The van der Waals surface area contributed by atoms with E-state index >= 15 is 0 Å². The zero-order valence-corrected chi connectivity index (χ0v) is 36.7. The lowest BCUT2D eigenvalue weighted by Gasteiger charge is -2.38. The number of carbonyl (C=O) groups is 4. The molecule has 0 aliphatic carbocycles. The number of esters is 1. The number of ketones is 1. The van der Waals surface area contributed by atoms with Gasteiger partial charge in [0.1, 0.15) is 23.4 Å². The topological polar surface area (TPSA) is 234 Å². The van der Waals surface area contributed by atoms with Gasteiger partial charge in [0.2, 0.25) is 5.91 Å². The molecule has 4 aliphatic heterocycles. The fourth-order valence-corrected chi connectivity index (χ4v) is 8.49. The standard InChI is InChI=1S/C47H55N3O13/c1-22-13-12-14-23(2)46(59)49-37-31(20-48-50-21-30-16-11-10-15-29(30)19-33(50)52)41(56)34-35(42(37)57)40(55)27(6)44-36(34)45(58)47(8,63-44)61-18-17-32(60-9)24(3)43(62-28(7)51)26(5)39(54)25(4)38(22)53/h10-18,20,22,24-26,32,38-39,43,53-57H,19,21H2,1-9H3,(H,49,59)/b13-12+,18-17+,23-14-,48-20+. The lowest BCUT2D eigenvalue weighted by molar-refractivity contribution is -0.160. The second kappa shape index (κ2) is 18.2. The van der Waals surface area contributed by atoms with Crippen molar-refractivity contribution in [2.75, 3.05) is 12.4 Å². The maximum atomic E-state index is 14.5. The Balaban J connectivity index is 1.53. The molecule has 9 unspecified atom stereocenters. The first kappa shape index (κ1) is 46.3. The molecule has 0 spiro atoms. The van der Waals surface area contributed by atoms with Gasteiger partial charge >= 0.3 is 11.8 Å². The molecule has 16 heteroatoms. The number of phenols is 3. The Bertz CT molecular complexity index is 2460. The highest BCUT2D eigenvalue weighted by molar-refractivity contribution is 6.24. The first-order chi connectivity index (χ1) is 29.7. The maximum absolute atomic E-state index is 14.5. The van der Waals surface area contributed by atoms with Crippen LogP contribution in [0.4, 0.5) is 5.69 Å². The van der Waals surface area contributed by atoms with Gasteiger partial charge in [0.15, 0.2) is 5.75 Å². The van der Waals surface area contributed by atoms with E-state index in [4.69, 9.17) is 18.9 Å². The molecular formula is C47H55N3O13. The fourth-order valence-electron chi connectivity index (χ4n) is 8.49. The summed E-state index contributed by atoms with van der Waals surface area (Å²) in [5.74, 6) is -9.38. The van der Waals surface area contributed by atoms with Crippen molar-refractivity contribution in [2.24, 2.45) is 28.8 Å². The second-order valence-electron chi connectivity index (χ2n) is 16.8. The minimum absolute atomic E-state index is 0.00515. The molecule has 0 aromatic heterocycles. The van der Waals surface area contributed by atoms with Crippen LogP contribution in [0.2, 0.25) is 0 Å². The number of hydrogen-bond donors (Lipinski definition) is 6. The van der Waals surface area contributed by atoms with Crippen LogP contribution in [0.15, 0.2) is 65.5 Å². The number of anilines is 1. The number of ether oxygens (including phenoxy) is 4. The summed E-state index contributed by atoms with van der Waals surface area (Å²) in [6.07, 6.45) is 4.42. The van der Waals surface area contributed by atoms with E-state index in [1.54, 1.807) is 39.8 Å². The smallest absolute Gasteiger partial charge is 0.312 e. The van der Waals surface area contributed by atoms with Crippen LogP contribution in [0.1, 0.15) is 81.1 Å². The van der Waals surface area contributed by atoms with E-state index in [9.17, 15) is 44.7 Å². The molecule has 0 radical (unpaired) electrons. The number of amides is 2. The van der Waals surface area contributed by atoms with Gasteiger partial charge in [-0.05, 0) is 31.1 Å². The molecule has 3 aromatic carbocycles. The van der Waals surface area contributed by atoms with Gasteiger partial charge in [0.25, 0.3) is 11.7 Å². The number of methoxy groups -OCH3 is 1. The molecule has 336 valence electrons. The Morgan fingerprint density at radius 3 is 2.29 bits per heavy atom. The van der Waals surface area contributed by atoms with Gasteiger partial charge in [-0.25, -0.2) is 5.01 Å². The summed E-state index contributed by atoms with van der Waals surface area (Å²) < 4.78 is 23.6. The Morgan fingerprint density at radius 1 is 0.937 bits per heavy atom. The molecule has 3 aromatic rings. The van der Waals surface area contributed by atoms with Crippen molar-refractivity contribution in [1.82, 2.24) is 5.01 Å². The van der Waals surface area contributed by atoms with Crippen LogP contribution in [0.3, 0.4) is 0 Å². The number of carbonyl (C=O) groups excluding carboxylic acids is 4. The average molecular weight is 870 g/mol. The zero-order valence-electron chi connectivity index (χ0n) is 36.7. The highest BCUT2D eigenvalue weighted by Crippen LogP contribution is 2.55. The molecule has 4 aliphatic rings. The Kier molecular flexibility index (Phi) is 13.4. The second-order valence-corrected chi connectivity index (χ2v) is 16.8. The minimum atomic E-state index is -2.10. The summed E-state index contributed by atoms with van der Waals surface area (Å²) in [4.78, 5) is 53.9. The first-order valence-electron chi connectivity index (χ1n) is 20.7. The molecule has 16 nitrogen and oxygen atoms in total. The molecule has 5 bridgehead atoms. The molecular weight excluding hydrogens is 815 g/mol. The lowest BCUT2D eigenvalue weighted by Crippen LogP contribution is -2.46. The lowest BCUT2D eigenvalue weighted by atomic mass is 9.78. The summed E-state index contributed by atoms with van der Waals surface area (Å²) in [5.41, 5.74) is 0.838. The number of benzene rings is 3. The van der Waals surface area contributed by atoms with Crippen LogP contribution < -0.4 is 10.1 Å². The van der Waals surface area contributed by atoms with E-state index in [1.165, 1.54) is 58.2 Å². The molecule has 0 saturated carbocycles. The van der Waals surface area contributed by atoms with E-state index in [2.05, 4.69) is 10.4 Å². The van der Waals surface area contributed by atoms with Crippen molar-refractivity contribution in [2.45, 2.75) is 98.6 Å². The summed E-state index contributed by atoms with van der Waals surface area (Å²) in [6.45, 7) is 12.4. The first-order valence-corrected chi connectivity index (χ1v) is 20.7. The number of nitrogens with zero attached hydrogens (tertiary/aromatic N) is 2. The third-order valence-corrected chi connectivity index (χ3v) is 12.4. The van der Waals surface area contributed by atoms with E-state index < -0.39 is 88.8 Å². The highest BCUT2D eigenvalue weighted by Gasteiger charge is 2.50. The number of rotatable bonds is 4. The summed E-state index contributed by atoms with van der Waals surface area (Å²) in [6, 6.07) is 7.34. The number of Topliss-reactive ketones (excluding diaryl/α,β-unsaturated/α-hetero) is 1. The third-order valence-electron chi connectivity index (χ3n) is 12.4. The van der Waals surface area contributed by atoms with Crippen LogP contribution in [0.5, 0.6) is 23.0 Å². The van der Waals surface area contributed by atoms with Gasteiger partial charge in [-0.3, -0.25) is 19.2 Å². The van der Waals surface area contributed by atoms with Gasteiger partial charge < -0.3 is 49.8 Å². The fraction of sp³-hybridized carbons (Fsp3) is 0.426. The number of hydrazone groups is 1. The van der Waals surface area contributed by atoms with Crippen molar-refractivity contribution in [1.29, 1.82) is 0 Å². The SMILES string of the molecule is COC1/C=C/OC2(C)Oc3c(C)c(O)c4c(O)c(c(/C=N/N5Cc6ccccc6CC5=O)c(O)c4c3C2=O)NC(=O)/C(C)=C\C=C\C(C)C(O)C(C)C(O)C(C)C(OC(C)=O)C1C. The van der Waals surface area contributed by atoms with Crippen LogP contribution in [0, 0.1) is 30.6 Å². The van der Waals surface area contributed by atoms with Gasteiger partial charge in [-0.15, -0.1) is 0 Å². The van der Waals surface area contributed by atoms with Gasteiger partial charge in [-0.2, -0.15) is 5.10 Å². The van der Waals surface area contributed by atoms with Gasteiger partial charge in [0, 0.05) is 61.2 Å². The number of fused-ring (bicyclic) bond motifs is 15. The Hall–Kier alpha value is -6.23. The van der Waals surface area contributed by atoms with Crippen molar-refractivity contribution in [3.05, 3.63) is 88.2 Å². The van der Waals surface area contributed by atoms with E-state index in [0.717, 1.165) is 17.3 Å². The van der Waals surface area contributed by atoms with Crippen LogP contribution in [-0.4, -0.2) is 97.6 Å². The molecule has 0 fully saturated rings. The molecule has 63 heavy (non-hydrogen) atoms. The molecule has 0 saturated heterocycles. The van der Waals surface area contributed by atoms with Crippen molar-refractivity contribution < 1.29 is 63.7 Å². The number of nitrogens with one attached hydrogen (secondary N) is 1. The number of phenolic OH excluding ortho intramolecular Hbond substituents is 3. The number of allylic oxidation sites excluding steroid dienone is 2. The highest BCUT2D eigenvalue weighted by atomic mass is 16.7. The minimum Gasteiger partial charge on any atom is -0.507 e. The van der Waals surface area contributed by atoms with Crippen molar-refractivity contribution in [3.63, 3.8) is 0 Å². The van der Waals surface area contributed by atoms with Gasteiger partial charge in [-0.1, -0.05) is 70.2 Å². The zero-order chi connectivity index (χ0) is 46.2. The monoisotopic (exact) mass is 869 g/mol. The summed E-state index contributed by atoms with van der Waals surface area (Å²) >= 11 is 0. The maximum Gasteiger partial charge on any atom is 0.312 e. The Morgan fingerprint density at radius 2 is 1.62 bits per heavy atom. The largest absolute Gasteiger partial charge is 0.507 e. The summed E-state index contributed by atoms with van der Waals surface area (Å²) in [5, 5.41) is 66.2. The third kappa shape index (κ3) is 8.75. The predicted molar refractivity (Wildman–Crippen MR) is 232 cm³/mol. The quantitative estimate of drug-likeness (QED) is 0.0804. The van der Waals surface area contributed by atoms with Gasteiger partial charge in [0.05, 0.1) is 66.0 Å².